The van der Waals surface area contributed by atoms with E-state index in [2.05, 4.69) is 13.0 Å². The van der Waals surface area contributed by atoms with Gasteiger partial charge in [0.15, 0.2) is 0 Å². The zero-order valence-corrected chi connectivity index (χ0v) is 9.43. The minimum Gasteiger partial charge on any atom is -0.381 e. The Morgan fingerprint density at radius 1 is 0.929 bits per heavy atom. The SMILES string of the molecule is CCCCCCCCOCCCC#N. The van der Waals surface area contributed by atoms with E-state index < -0.39 is 0 Å². The van der Waals surface area contributed by atoms with Crippen molar-refractivity contribution in [3.05, 3.63) is 0 Å². The summed E-state index contributed by atoms with van der Waals surface area (Å²) in [5.74, 6) is 0. The molecule has 0 spiro atoms. The Balaban J connectivity index is 2.82. The highest BCUT2D eigenvalue weighted by molar-refractivity contribution is 4.67. The van der Waals surface area contributed by atoms with E-state index in [-0.39, 0.29) is 0 Å². The van der Waals surface area contributed by atoms with Gasteiger partial charge in [0, 0.05) is 19.6 Å². The zero-order valence-electron chi connectivity index (χ0n) is 9.43. The van der Waals surface area contributed by atoms with E-state index in [1.807, 2.05) is 0 Å². The van der Waals surface area contributed by atoms with Crippen LogP contribution in [0.4, 0.5) is 0 Å². The molecule has 0 N–H and O–H groups in total. The van der Waals surface area contributed by atoms with E-state index in [4.69, 9.17) is 10.00 Å². The maximum atomic E-state index is 8.28. The Morgan fingerprint density at radius 3 is 2.29 bits per heavy atom. The lowest BCUT2D eigenvalue weighted by Gasteiger charge is -2.02. The molecule has 0 aliphatic heterocycles. The zero-order chi connectivity index (χ0) is 10.5. The standard InChI is InChI=1S/C12H23NO/c1-2-3-4-5-6-8-11-14-12-9-7-10-13/h2-9,11-12H2,1H3. The summed E-state index contributed by atoms with van der Waals surface area (Å²) in [4.78, 5) is 0. The third kappa shape index (κ3) is 11.4. The van der Waals surface area contributed by atoms with Crippen LogP contribution in [0.1, 0.15) is 58.3 Å². The molecule has 0 aromatic heterocycles. The van der Waals surface area contributed by atoms with Crippen LogP contribution in [0.25, 0.3) is 0 Å². The van der Waals surface area contributed by atoms with Gasteiger partial charge in [-0.15, -0.1) is 0 Å². The molecule has 0 fully saturated rings. The van der Waals surface area contributed by atoms with Crippen LogP contribution < -0.4 is 0 Å². The Hall–Kier alpha value is -0.550. The predicted octanol–water partition coefficient (Wildman–Crippen LogP) is 3.67. The second kappa shape index (κ2) is 12.4. The van der Waals surface area contributed by atoms with Crippen molar-refractivity contribution in [1.82, 2.24) is 0 Å². The van der Waals surface area contributed by atoms with Gasteiger partial charge in [0.25, 0.3) is 0 Å². The molecule has 0 rings (SSSR count). The Morgan fingerprint density at radius 2 is 1.57 bits per heavy atom. The van der Waals surface area contributed by atoms with Crippen LogP contribution in [-0.2, 0) is 4.74 Å². The number of ether oxygens (including phenoxy) is 1. The van der Waals surface area contributed by atoms with Crippen molar-refractivity contribution in [2.75, 3.05) is 13.2 Å². The summed E-state index contributed by atoms with van der Waals surface area (Å²) in [5, 5.41) is 8.28. The molecule has 0 aromatic carbocycles. The molecule has 0 bridgehead atoms. The molecule has 0 aromatic rings. The Kier molecular flexibility index (Phi) is 12.0. The van der Waals surface area contributed by atoms with Gasteiger partial charge in [-0.25, -0.2) is 0 Å². The normalized spacial score (nSPS) is 10.0. The van der Waals surface area contributed by atoms with Crippen LogP contribution in [0.15, 0.2) is 0 Å². The third-order valence-corrected chi connectivity index (χ3v) is 2.22. The molecule has 0 atom stereocenters. The fourth-order valence-electron chi connectivity index (χ4n) is 1.34. The maximum Gasteiger partial charge on any atom is 0.0622 e. The van der Waals surface area contributed by atoms with Gasteiger partial charge in [0.1, 0.15) is 0 Å². The summed E-state index contributed by atoms with van der Waals surface area (Å²) < 4.78 is 5.39. The van der Waals surface area contributed by atoms with E-state index in [0.29, 0.717) is 6.42 Å². The van der Waals surface area contributed by atoms with Crippen molar-refractivity contribution < 1.29 is 4.74 Å². The van der Waals surface area contributed by atoms with Gasteiger partial charge in [0.05, 0.1) is 6.07 Å². The summed E-state index contributed by atoms with van der Waals surface area (Å²) in [6, 6.07) is 2.11. The highest BCUT2D eigenvalue weighted by Crippen LogP contribution is 2.04. The van der Waals surface area contributed by atoms with Crippen molar-refractivity contribution in [3.8, 4) is 6.07 Å². The number of rotatable bonds is 10. The lowest BCUT2D eigenvalue weighted by atomic mass is 10.1. The number of nitriles is 1. The van der Waals surface area contributed by atoms with Crippen molar-refractivity contribution in [2.24, 2.45) is 0 Å². The van der Waals surface area contributed by atoms with E-state index >= 15 is 0 Å². The van der Waals surface area contributed by atoms with Crippen LogP contribution in [0, 0.1) is 11.3 Å². The third-order valence-electron chi connectivity index (χ3n) is 2.22. The summed E-state index contributed by atoms with van der Waals surface area (Å²) >= 11 is 0. The van der Waals surface area contributed by atoms with Gasteiger partial charge < -0.3 is 4.74 Å². The largest absolute Gasteiger partial charge is 0.381 e. The van der Waals surface area contributed by atoms with Gasteiger partial charge in [-0.3, -0.25) is 0 Å². The summed E-state index contributed by atoms with van der Waals surface area (Å²) in [7, 11) is 0. The molecular weight excluding hydrogens is 174 g/mol. The van der Waals surface area contributed by atoms with Crippen LogP contribution in [0.2, 0.25) is 0 Å². The van der Waals surface area contributed by atoms with Gasteiger partial charge >= 0.3 is 0 Å². The van der Waals surface area contributed by atoms with Crippen molar-refractivity contribution in [2.45, 2.75) is 58.3 Å². The number of hydrogen-bond donors (Lipinski definition) is 0. The van der Waals surface area contributed by atoms with Gasteiger partial charge in [0.2, 0.25) is 0 Å². The van der Waals surface area contributed by atoms with Crippen LogP contribution in [0.5, 0.6) is 0 Å². The first kappa shape index (κ1) is 13.4. The summed E-state index contributed by atoms with van der Waals surface area (Å²) in [5.41, 5.74) is 0. The monoisotopic (exact) mass is 197 g/mol. The molecule has 0 unspecified atom stereocenters. The predicted molar refractivity (Wildman–Crippen MR) is 59.0 cm³/mol. The topological polar surface area (TPSA) is 33.0 Å². The average molecular weight is 197 g/mol. The Labute approximate surface area is 88.3 Å². The molecule has 0 saturated carbocycles. The first-order chi connectivity index (χ1) is 6.91. The van der Waals surface area contributed by atoms with Crippen LogP contribution >= 0.6 is 0 Å². The molecule has 0 heterocycles. The van der Waals surface area contributed by atoms with Gasteiger partial charge in [-0.05, 0) is 12.8 Å². The number of hydrogen-bond acceptors (Lipinski definition) is 2. The lowest BCUT2D eigenvalue weighted by molar-refractivity contribution is 0.128. The minimum atomic E-state index is 0.622. The van der Waals surface area contributed by atoms with Crippen molar-refractivity contribution >= 4 is 0 Å². The lowest BCUT2D eigenvalue weighted by Crippen LogP contribution is -1.96. The molecule has 14 heavy (non-hydrogen) atoms. The van der Waals surface area contributed by atoms with Crippen molar-refractivity contribution in [1.29, 1.82) is 5.26 Å². The van der Waals surface area contributed by atoms with Crippen molar-refractivity contribution in [3.63, 3.8) is 0 Å². The number of nitrogens with zero attached hydrogens (tertiary/aromatic N) is 1. The fourth-order valence-corrected chi connectivity index (χ4v) is 1.34. The molecular formula is C12H23NO. The smallest absolute Gasteiger partial charge is 0.0622 e. The summed E-state index contributed by atoms with van der Waals surface area (Å²) in [6.45, 7) is 3.86. The quantitative estimate of drug-likeness (QED) is 0.501. The second-order valence-electron chi connectivity index (χ2n) is 3.64. The molecule has 2 heteroatoms. The van der Waals surface area contributed by atoms with Crippen LogP contribution in [0.3, 0.4) is 0 Å². The molecule has 0 amide bonds. The molecule has 2 nitrogen and oxygen atoms in total. The average Bonchev–Trinajstić information content (AvgIpc) is 2.21. The Bertz CT molecular complexity index is 140. The van der Waals surface area contributed by atoms with E-state index in [1.165, 1.54) is 38.5 Å². The second-order valence-corrected chi connectivity index (χ2v) is 3.64. The first-order valence-corrected chi connectivity index (χ1v) is 5.86. The van der Waals surface area contributed by atoms with E-state index in [9.17, 15) is 0 Å². The van der Waals surface area contributed by atoms with E-state index in [1.54, 1.807) is 0 Å². The molecule has 0 radical (unpaired) electrons. The first-order valence-electron chi connectivity index (χ1n) is 5.86. The van der Waals surface area contributed by atoms with Gasteiger partial charge in [-0.2, -0.15) is 5.26 Å². The highest BCUT2D eigenvalue weighted by Gasteiger charge is 1.91. The summed E-state index contributed by atoms with van der Waals surface area (Å²) in [6.07, 6.45) is 9.35. The van der Waals surface area contributed by atoms with Crippen LogP contribution in [-0.4, -0.2) is 13.2 Å². The highest BCUT2D eigenvalue weighted by atomic mass is 16.5. The van der Waals surface area contributed by atoms with E-state index in [0.717, 1.165) is 19.6 Å². The molecule has 0 aliphatic carbocycles. The molecule has 82 valence electrons. The maximum absolute atomic E-state index is 8.28. The minimum absolute atomic E-state index is 0.622. The fraction of sp³-hybridized carbons (Fsp3) is 0.917. The van der Waals surface area contributed by atoms with Gasteiger partial charge in [-0.1, -0.05) is 39.0 Å². The molecule has 0 aliphatic rings. The number of unbranched alkanes of at least 4 members (excludes halogenated alkanes) is 6. The molecule has 0 saturated heterocycles.